The van der Waals surface area contributed by atoms with E-state index in [-0.39, 0.29) is 6.04 Å². The van der Waals surface area contributed by atoms with Crippen LogP contribution in [0.5, 0.6) is 0 Å². The highest BCUT2D eigenvalue weighted by molar-refractivity contribution is 5.58. The first-order valence-corrected chi connectivity index (χ1v) is 9.81. The molecule has 4 aromatic rings. The van der Waals surface area contributed by atoms with Gasteiger partial charge in [-0.15, -0.1) is 10.2 Å². The van der Waals surface area contributed by atoms with E-state index in [1.807, 2.05) is 66.7 Å². The van der Waals surface area contributed by atoms with E-state index in [0.29, 0.717) is 11.8 Å². The summed E-state index contributed by atoms with van der Waals surface area (Å²) >= 11 is 0. The van der Waals surface area contributed by atoms with Crippen molar-refractivity contribution in [3.05, 3.63) is 78.4 Å². The molecule has 4 rings (SSSR count). The molecule has 0 N–H and O–H groups in total. The zero-order chi connectivity index (χ0) is 20.1. The van der Waals surface area contributed by atoms with Crippen molar-refractivity contribution in [3.8, 4) is 22.7 Å². The third-order valence-electron chi connectivity index (χ3n) is 5.04. The van der Waals surface area contributed by atoms with Gasteiger partial charge in [-0.1, -0.05) is 53.7 Å². The normalized spacial score (nSPS) is 12.4. The summed E-state index contributed by atoms with van der Waals surface area (Å²) in [6, 6.07) is 21.9. The van der Waals surface area contributed by atoms with Crippen molar-refractivity contribution in [2.24, 2.45) is 0 Å². The largest absolute Gasteiger partial charge is 0.419 e. The van der Waals surface area contributed by atoms with Gasteiger partial charge >= 0.3 is 0 Å². The summed E-state index contributed by atoms with van der Waals surface area (Å²) in [6.07, 6.45) is 1.78. The first kappa shape index (κ1) is 19.1. The smallest absolute Gasteiger partial charge is 0.247 e. The molecule has 29 heavy (non-hydrogen) atoms. The lowest BCUT2D eigenvalue weighted by Crippen LogP contribution is -2.24. The van der Waals surface area contributed by atoms with E-state index in [9.17, 15) is 0 Å². The highest BCUT2D eigenvalue weighted by Crippen LogP contribution is 2.24. The summed E-state index contributed by atoms with van der Waals surface area (Å²) in [6.45, 7) is 2.95. The van der Waals surface area contributed by atoms with Crippen LogP contribution < -0.4 is 0 Å². The molecule has 0 aliphatic heterocycles. The molecule has 0 amide bonds. The lowest BCUT2D eigenvalue weighted by Gasteiger charge is -2.21. The molecule has 0 fully saturated rings. The van der Waals surface area contributed by atoms with E-state index in [0.717, 1.165) is 42.0 Å². The Morgan fingerprint density at radius 3 is 2.34 bits per heavy atom. The van der Waals surface area contributed by atoms with Gasteiger partial charge in [0.05, 0.1) is 6.04 Å². The zero-order valence-electron chi connectivity index (χ0n) is 16.7. The summed E-state index contributed by atoms with van der Waals surface area (Å²) < 4.78 is 11.4. The van der Waals surface area contributed by atoms with Crippen LogP contribution in [-0.2, 0) is 6.42 Å². The van der Waals surface area contributed by atoms with Crippen molar-refractivity contribution >= 4 is 0 Å². The summed E-state index contributed by atoms with van der Waals surface area (Å²) in [5.74, 6) is 2.07. The molecule has 0 aliphatic carbocycles. The molecule has 2 heterocycles. The van der Waals surface area contributed by atoms with Crippen molar-refractivity contribution in [2.75, 3.05) is 13.6 Å². The molecule has 0 saturated heterocycles. The molecule has 0 radical (unpaired) electrons. The van der Waals surface area contributed by atoms with Gasteiger partial charge in [0.1, 0.15) is 11.5 Å². The van der Waals surface area contributed by atoms with Crippen LogP contribution in [-0.4, -0.2) is 33.8 Å². The van der Waals surface area contributed by atoms with Crippen LogP contribution in [0.3, 0.4) is 0 Å². The summed E-state index contributed by atoms with van der Waals surface area (Å²) in [7, 11) is 2.06. The minimum absolute atomic E-state index is 0.0366. The molecule has 0 spiro atoms. The molecule has 1 atom stereocenters. The van der Waals surface area contributed by atoms with Gasteiger partial charge < -0.3 is 8.94 Å². The minimum Gasteiger partial charge on any atom is -0.419 e. The number of benzene rings is 2. The Labute approximate surface area is 170 Å². The van der Waals surface area contributed by atoms with Gasteiger partial charge in [-0.3, -0.25) is 4.90 Å². The quantitative estimate of drug-likeness (QED) is 0.422. The first-order valence-electron chi connectivity index (χ1n) is 9.81. The second-order valence-electron chi connectivity index (χ2n) is 7.12. The molecule has 6 heteroatoms. The fraction of sp³-hybridized carbons (Fsp3) is 0.261. The van der Waals surface area contributed by atoms with Crippen LogP contribution in [0.2, 0.25) is 0 Å². The lowest BCUT2D eigenvalue weighted by atomic mass is 10.1. The van der Waals surface area contributed by atoms with Gasteiger partial charge in [-0.25, -0.2) is 0 Å². The summed E-state index contributed by atoms with van der Waals surface area (Å²) in [5.41, 5.74) is 2.88. The predicted octanol–water partition coefficient (Wildman–Crippen LogP) is 5.02. The third-order valence-corrected chi connectivity index (χ3v) is 5.04. The van der Waals surface area contributed by atoms with Crippen LogP contribution in [0.4, 0.5) is 0 Å². The van der Waals surface area contributed by atoms with E-state index in [4.69, 9.17) is 8.94 Å². The monoisotopic (exact) mass is 388 g/mol. The van der Waals surface area contributed by atoms with Gasteiger partial charge in [0.15, 0.2) is 0 Å². The molecule has 1 unspecified atom stereocenters. The van der Waals surface area contributed by atoms with Gasteiger partial charge in [-0.05, 0) is 39.1 Å². The molecular weight excluding hydrogens is 364 g/mol. The van der Waals surface area contributed by atoms with Crippen molar-refractivity contribution < 1.29 is 8.94 Å². The highest BCUT2D eigenvalue weighted by atomic mass is 16.5. The Morgan fingerprint density at radius 2 is 1.62 bits per heavy atom. The maximum absolute atomic E-state index is 5.88. The Balaban J connectivity index is 1.30. The van der Waals surface area contributed by atoms with Crippen LogP contribution in [0.25, 0.3) is 22.7 Å². The number of nitrogens with zero attached hydrogens (tertiary/aromatic N) is 4. The first-order chi connectivity index (χ1) is 14.2. The fourth-order valence-corrected chi connectivity index (χ4v) is 3.16. The standard InChI is InChI=1S/C23H24N4O2/c1-17(22-24-25-23(28-22)19-12-7-4-8-13-19)27(2)15-9-14-20-16-21(26-29-20)18-10-5-3-6-11-18/h3-8,10-13,16-17H,9,14-15H2,1-2H3. The Morgan fingerprint density at radius 1 is 0.931 bits per heavy atom. The van der Waals surface area contributed by atoms with E-state index >= 15 is 0 Å². The van der Waals surface area contributed by atoms with Crippen LogP contribution in [0.15, 0.2) is 75.7 Å². The SMILES string of the molecule is CC(c1nnc(-c2ccccc2)o1)N(C)CCCc1cc(-c2ccccc2)no1. The van der Waals surface area contributed by atoms with Crippen LogP contribution >= 0.6 is 0 Å². The third kappa shape index (κ3) is 4.60. The predicted molar refractivity (Wildman–Crippen MR) is 111 cm³/mol. The van der Waals surface area contributed by atoms with Gasteiger partial charge in [0.25, 0.3) is 0 Å². The van der Waals surface area contributed by atoms with Gasteiger partial charge in [0, 0.05) is 23.6 Å². The van der Waals surface area contributed by atoms with Crippen LogP contribution in [0, 0.1) is 0 Å². The van der Waals surface area contributed by atoms with Crippen molar-refractivity contribution in [3.63, 3.8) is 0 Å². The maximum Gasteiger partial charge on any atom is 0.247 e. The van der Waals surface area contributed by atoms with E-state index in [1.54, 1.807) is 0 Å². The van der Waals surface area contributed by atoms with E-state index in [2.05, 4.69) is 34.2 Å². The molecular formula is C23H24N4O2. The molecule has 148 valence electrons. The topological polar surface area (TPSA) is 68.2 Å². The Kier molecular flexibility index (Phi) is 5.81. The van der Waals surface area contributed by atoms with Crippen molar-refractivity contribution in [1.29, 1.82) is 0 Å². The molecule has 6 nitrogen and oxygen atoms in total. The second kappa shape index (κ2) is 8.84. The number of hydrogen-bond acceptors (Lipinski definition) is 6. The van der Waals surface area contributed by atoms with Crippen molar-refractivity contribution in [1.82, 2.24) is 20.3 Å². The maximum atomic E-state index is 5.88. The number of aromatic nitrogens is 3. The second-order valence-corrected chi connectivity index (χ2v) is 7.12. The summed E-state index contributed by atoms with van der Waals surface area (Å²) in [4.78, 5) is 2.21. The minimum atomic E-state index is 0.0366. The number of aryl methyl sites for hydroxylation is 1. The molecule has 0 saturated carbocycles. The van der Waals surface area contributed by atoms with E-state index in [1.165, 1.54) is 0 Å². The van der Waals surface area contributed by atoms with Gasteiger partial charge in [0.2, 0.25) is 11.8 Å². The Bertz CT molecular complexity index is 1030. The average molecular weight is 388 g/mol. The lowest BCUT2D eigenvalue weighted by molar-refractivity contribution is 0.221. The zero-order valence-corrected chi connectivity index (χ0v) is 16.7. The average Bonchev–Trinajstić information content (AvgIpc) is 3.45. The molecule has 0 aliphatic rings. The molecule has 0 bridgehead atoms. The number of hydrogen-bond donors (Lipinski definition) is 0. The highest BCUT2D eigenvalue weighted by Gasteiger charge is 2.19. The van der Waals surface area contributed by atoms with Gasteiger partial charge in [-0.2, -0.15) is 0 Å². The molecule has 2 aromatic carbocycles. The van der Waals surface area contributed by atoms with Crippen LogP contribution in [0.1, 0.15) is 31.0 Å². The Hall–Kier alpha value is -3.25. The number of rotatable bonds is 8. The molecule has 2 aromatic heterocycles. The summed E-state index contributed by atoms with van der Waals surface area (Å²) in [5, 5.41) is 12.6. The fourth-order valence-electron chi connectivity index (χ4n) is 3.16. The van der Waals surface area contributed by atoms with Crippen molar-refractivity contribution in [2.45, 2.75) is 25.8 Å². The van der Waals surface area contributed by atoms with E-state index < -0.39 is 0 Å².